The molecule has 3 atom stereocenters. The van der Waals surface area contributed by atoms with Gasteiger partial charge in [0.25, 0.3) is 0 Å². The topological polar surface area (TPSA) is 32.3 Å². The highest BCUT2D eigenvalue weighted by Gasteiger charge is 2.38. The van der Waals surface area contributed by atoms with E-state index < -0.39 is 0 Å². The number of halogens is 1. The van der Waals surface area contributed by atoms with Crippen LogP contribution in [0.5, 0.6) is 0 Å². The quantitative estimate of drug-likeness (QED) is 0.932. The molecule has 0 spiro atoms. The van der Waals surface area contributed by atoms with Gasteiger partial charge in [0.2, 0.25) is 5.91 Å². The van der Waals surface area contributed by atoms with Crippen LogP contribution in [-0.4, -0.2) is 34.4 Å². The number of amides is 1. The number of nitrogens with one attached hydrogen (secondary N) is 1. The van der Waals surface area contributed by atoms with Crippen molar-refractivity contribution in [2.75, 3.05) is 12.3 Å². The van der Waals surface area contributed by atoms with E-state index in [1.54, 1.807) is 12.1 Å². The molecule has 1 aromatic carbocycles. The Hall–Kier alpha value is -1.07. The number of hydrogen-bond donors (Lipinski definition) is 1. The molecule has 3 nitrogen and oxygen atoms in total. The number of rotatable bonds is 3. The van der Waals surface area contributed by atoms with Gasteiger partial charge in [-0.2, -0.15) is 11.8 Å². The minimum Gasteiger partial charge on any atom is -0.320 e. The van der Waals surface area contributed by atoms with Gasteiger partial charge in [0.15, 0.2) is 0 Å². The second-order valence-electron chi connectivity index (χ2n) is 5.82. The summed E-state index contributed by atoms with van der Waals surface area (Å²) in [5.74, 6) is 1.10. The largest absolute Gasteiger partial charge is 0.320 e. The van der Waals surface area contributed by atoms with Crippen molar-refractivity contribution in [3.8, 4) is 0 Å². The zero-order valence-corrected chi connectivity index (χ0v) is 13.0. The monoisotopic (exact) mass is 308 g/mol. The normalized spacial score (nSPS) is 29.9. The summed E-state index contributed by atoms with van der Waals surface area (Å²) >= 11 is 1.97. The third-order valence-corrected chi connectivity index (χ3v) is 5.61. The van der Waals surface area contributed by atoms with Gasteiger partial charge in [-0.15, -0.1) is 0 Å². The van der Waals surface area contributed by atoms with Crippen molar-refractivity contribution in [2.24, 2.45) is 0 Å². The van der Waals surface area contributed by atoms with Crippen LogP contribution >= 0.6 is 11.8 Å². The van der Waals surface area contributed by atoms with Crippen LogP contribution in [0.15, 0.2) is 24.3 Å². The first-order valence-corrected chi connectivity index (χ1v) is 8.63. The van der Waals surface area contributed by atoms with Crippen molar-refractivity contribution in [3.63, 3.8) is 0 Å². The van der Waals surface area contributed by atoms with Gasteiger partial charge in [-0.3, -0.25) is 10.1 Å². The molecule has 2 fully saturated rings. The summed E-state index contributed by atoms with van der Waals surface area (Å²) in [5.41, 5.74) is 0.954. The molecule has 5 heteroatoms. The Kier molecular flexibility index (Phi) is 4.50. The summed E-state index contributed by atoms with van der Waals surface area (Å²) in [5, 5.41) is 3.85. The number of nitrogens with zero attached hydrogens (tertiary/aromatic N) is 1. The van der Waals surface area contributed by atoms with Gasteiger partial charge in [-0.05, 0) is 43.2 Å². The molecular formula is C16H21FN2OS. The van der Waals surface area contributed by atoms with Crippen LogP contribution < -0.4 is 5.32 Å². The third-order valence-electron chi connectivity index (χ3n) is 4.23. The van der Waals surface area contributed by atoms with Crippen LogP contribution in [0.3, 0.4) is 0 Å². The molecule has 0 aromatic heterocycles. The first-order chi connectivity index (χ1) is 10.1. The van der Waals surface area contributed by atoms with E-state index in [9.17, 15) is 9.18 Å². The fraction of sp³-hybridized carbons (Fsp3) is 0.562. The summed E-state index contributed by atoms with van der Waals surface area (Å²) in [4.78, 5) is 14.3. The fourth-order valence-corrected chi connectivity index (χ4v) is 4.36. The summed E-state index contributed by atoms with van der Waals surface area (Å²) in [6, 6.07) is 6.27. The van der Waals surface area contributed by atoms with Gasteiger partial charge in [0.05, 0.1) is 6.04 Å². The second-order valence-corrected chi connectivity index (χ2v) is 7.23. The molecule has 0 bridgehead atoms. The zero-order chi connectivity index (χ0) is 14.8. The van der Waals surface area contributed by atoms with E-state index in [1.165, 1.54) is 37.1 Å². The zero-order valence-electron chi connectivity index (χ0n) is 12.2. The highest BCUT2D eigenvalue weighted by molar-refractivity contribution is 7.99. The van der Waals surface area contributed by atoms with E-state index >= 15 is 0 Å². The maximum Gasteiger partial charge on any atom is 0.241 e. The highest BCUT2D eigenvalue weighted by Crippen LogP contribution is 2.31. The van der Waals surface area contributed by atoms with E-state index in [0.29, 0.717) is 5.25 Å². The molecule has 2 saturated heterocycles. The Labute approximate surface area is 129 Å². The average Bonchev–Trinajstić information content (AvgIpc) is 2.78. The van der Waals surface area contributed by atoms with Crippen LogP contribution in [0.25, 0.3) is 0 Å². The summed E-state index contributed by atoms with van der Waals surface area (Å²) < 4.78 is 13.1. The smallest absolute Gasteiger partial charge is 0.241 e. The summed E-state index contributed by atoms with van der Waals surface area (Å²) in [6.45, 7) is 2.68. The van der Waals surface area contributed by atoms with Crippen molar-refractivity contribution in [1.29, 1.82) is 0 Å². The van der Waals surface area contributed by atoms with E-state index in [1.807, 2.05) is 23.6 Å². The summed E-state index contributed by atoms with van der Waals surface area (Å²) in [6.07, 6.45) is 3.59. The Morgan fingerprint density at radius 2 is 2.10 bits per heavy atom. The predicted octanol–water partition coefficient (Wildman–Crippen LogP) is 2.93. The molecule has 21 heavy (non-hydrogen) atoms. The molecule has 2 aliphatic rings. The van der Waals surface area contributed by atoms with Gasteiger partial charge in [0.1, 0.15) is 12.0 Å². The molecule has 114 valence electrons. The molecule has 0 radical (unpaired) electrons. The molecule has 1 aromatic rings. The van der Waals surface area contributed by atoms with Gasteiger partial charge in [-0.1, -0.05) is 18.6 Å². The Morgan fingerprint density at radius 1 is 1.33 bits per heavy atom. The lowest BCUT2D eigenvalue weighted by molar-refractivity contribution is -0.129. The van der Waals surface area contributed by atoms with Crippen molar-refractivity contribution >= 4 is 17.7 Å². The predicted molar refractivity (Wildman–Crippen MR) is 83.5 cm³/mol. The van der Waals surface area contributed by atoms with E-state index in [0.717, 1.165) is 12.1 Å². The highest BCUT2D eigenvalue weighted by atomic mass is 32.2. The van der Waals surface area contributed by atoms with E-state index in [4.69, 9.17) is 0 Å². The molecule has 1 amide bonds. The van der Waals surface area contributed by atoms with Crippen LogP contribution in [-0.2, 0) is 4.79 Å². The number of benzene rings is 1. The maximum atomic E-state index is 13.1. The molecule has 0 aliphatic carbocycles. The Morgan fingerprint density at radius 3 is 2.76 bits per heavy atom. The van der Waals surface area contributed by atoms with Crippen LogP contribution in [0.2, 0.25) is 0 Å². The van der Waals surface area contributed by atoms with E-state index in [-0.39, 0.29) is 23.9 Å². The second kappa shape index (κ2) is 6.36. The minimum absolute atomic E-state index is 0.129. The van der Waals surface area contributed by atoms with Crippen LogP contribution in [0, 0.1) is 5.82 Å². The minimum atomic E-state index is -0.245. The molecule has 2 heterocycles. The first kappa shape index (κ1) is 14.9. The van der Waals surface area contributed by atoms with Crippen molar-refractivity contribution in [2.45, 2.75) is 43.6 Å². The van der Waals surface area contributed by atoms with Crippen molar-refractivity contribution in [3.05, 3.63) is 35.6 Å². The lowest BCUT2D eigenvalue weighted by Gasteiger charge is -2.30. The molecular weight excluding hydrogens is 287 g/mol. The third kappa shape index (κ3) is 3.24. The number of carbonyl (C=O) groups excluding carboxylic acids is 1. The Balaban J connectivity index is 1.77. The molecule has 1 N–H and O–H groups in total. The van der Waals surface area contributed by atoms with E-state index in [2.05, 4.69) is 5.32 Å². The summed E-state index contributed by atoms with van der Waals surface area (Å²) in [7, 11) is 0. The van der Waals surface area contributed by atoms with Crippen LogP contribution in [0.4, 0.5) is 4.39 Å². The first-order valence-electron chi connectivity index (χ1n) is 7.59. The van der Waals surface area contributed by atoms with Crippen molar-refractivity contribution < 1.29 is 9.18 Å². The SMILES string of the molecule is CC1NC(c2ccc(F)cc2)N(CC2CCCCS2)C1=O. The number of carbonyl (C=O) groups is 1. The van der Waals surface area contributed by atoms with Crippen LogP contribution in [0.1, 0.15) is 37.9 Å². The van der Waals surface area contributed by atoms with Gasteiger partial charge in [0, 0.05) is 11.8 Å². The average molecular weight is 308 g/mol. The molecule has 3 unspecified atom stereocenters. The van der Waals surface area contributed by atoms with Gasteiger partial charge < -0.3 is 4.90 Å². The standard InChI is InChI=1S/C16H21FN2OS/c1-11-16(20)19(10-14-4-2-3-9-21-14)15(18-11)12-5-7-13(17)8-6-12/h5-8,11,14-15,18H,2-4,9-10H2,1H3. The lowest BCUT2D eigenvalue weighted by atomic mass is 10.1. The maximum absolute atomic E-state index is 13.1. The Bertz CT molecular complexity index is 502. The molecule has 3 rings (SSSR count). The molecule has 2 aliphatic heterocycles. The molecule has 0 saturated carbocycles. The lowest BCUT2D eigenvalue weighted by Crippen LogP contribution is -2.37. The number of hydrogen-bond acceptors (Lipinski definition) is 3. The van der Waals surface area contributed by atoms with Crippen molar-refractivity contribution in [1.82, 2.24) is 10.2 Å². The van der Waals surface area contributed by atoms with Gasteiger partial charge in [-0.25, -0.2) is 4.39 Å². The number of thioether (sulfide) groups is 1. The fourth-order valence-electron chi connectivity index (χ4n) is 3.06. The van der Waals surface area contributed by atoms with Gasteiger partial charge >= 0.3 is 0 Å².